The van der Waals surface area contributed by atoms with E-state index in [9.17, 15) is 14.7 Å². The maximum atomic E-state index is 12.6. The SMILES string of the molecule is CCCCCCCCCCCCOC(=O)Cc1cccc(NC(=O)N[C@@H](C)[C@H]2O[C@H](O)[C@H]3OC(C)(C)O[C@@H]23)c1. The Kier molecular flexibility index (Phi) is 12.5. The molecular weight excluding hydrogens is 500 g/mol. The maximum absolute atomic E-state index is 12.6. The number of carbonyl (C=O) groups excluding carboxylic acids is 2. The summed E-state index contributed by atoms with van der Waals surface area (Å²) in [5, 5.41) is 15.8. The number of carbonyl (C=O) groups is 2. The van der Waals surface area contributed by atoms with E-state index in [2.05, 4.69) is 17.6 Å². The van der Waals surface area contributed by atoms with Crippen LogP contribution in [0.1, 0.15) is 97.5 Å². The summed E-state index contributed by atoms with van der Waals surface area (Å²) in [5.41, 5.74) is 1.32. The van der Waals surface area contributed by atoms with E-state index in [1.807, 2.05) is 6.07 Å². The summed E-state index contributed by atoms with van der Waals surface area (Å²) in [6, 6.07) is 6.26. The third kappa shape index (κ3) is 10.4. The number of aliphatic hydroxyl groups is 1. The number of fused-ring (bicyclic) bond motifs is 1. The van der Waals surface area contributed by atoms with Crippen LogP contribution >= 0.6 is 0 Å². The minimum absolute atomic E-state index is 0.148. The molecule has 0 spiro atoms. The third-order valence-electron chi connectivity index (χ3n) is 7.21. The fraction of sp³-hybridized carbons (Fsp3) is 0.733. The van der Waals surface area contributed by atoms with Gasteiger partial charge in [-0.1, -0.05) is 76.8 Å². The van der Waals surface area contributed by atoms with Gasteiger partial charge in [0.05, 0.1) is 19.1 Å². The molecule has 3 N–H and O–H groups in total. The Morgan fingerprint density at radius 3 is 2.33 bits per heavy atom. The van der Waals surface area contributed by atoms with Gasteiger partial charge in [-0.25, -0.2) is 4.79 Å². The van der Waals surface area contributed by atoms with E-state index < -0.39 is 42.5 Å². The normalized spacial score (nSPS) is 24.2. The zero-order chi connectivity index (χ0) is 28.3. The fourth-order valence-electron chi connectivity index (χ4n) is 5.22. The smallest absolute Gasteiger partial charge is 0.319 e. The largest absolute Gasteiger partial charge is 0.465 e. The molecule has 0 aliphatic carbocycles. The second-order valence-electron chi connectivity index (χ2n) is 11.2. The number of urea groups is 1. The lowest BCUT2D eigenvalue weighted by Crippen LogP contribution is -2.48. The second kappa shape index (κ2) is 15.6. The highest BCUT2D eigenvalue weighted by atomic mass is 16.8. The number of anilines is 1. The van der Waals surface area contributed by atoms with Crippen molar-refractivity contribution in [3.63, 3.8) is 0 Å². The number of hydrogen-bond donors (Lipinski definition) is 3. The fourth-order valence-corrected chi connectivity index (χ4v) is 5.22. The van der Waals surface area contributed by atoms with Gasteiger partial charge in [0.1, 0.15) is 18.3 Å². The van der Waals surface area contributed by atoms with Gasteiger partial charge in [-0.2, -0.15) is 0 Å². The lowest BCUT2D eigenvalue weighted by molar-refractivity contribution is -0.222. The zero-order valence-corrected chi connectivity index (χ0v) is 24.1. The Balaban J connectivity index is 1.32. The van der Waals surface area contributed by atoms with Crippen molar-refractivity contribution in [2.75, 3.05) is 11.9 Å². The van der Waals surface area contributed by atoms with Gasteiger partial charge in [0.2, 0.25) is 0 Å². The van der Waals surface area contributed by atoms with Gasteiger partial charge < -0.3 is 34.7 Å². The molecule has 0 radical (unpaired) electrons. The molecule has 0 aromatic heterocycles. The van der Waals surface area contributed by atoms with E-state index in [0.29, 0.717) is 12.3 Å². The molecule has 2 heterocycles. The van der Waals surface area contributed by atoms with Gasteiger partial charge in [-0.3, -0.25) is 4.79 Å². The van der Waals surface area contributed by atoms with E-state index in [0.717, 1.165) is 18.4 Å². The second-order valence-corrected chi connectivity index (χ2v) is 11.2. The van der Waals surface area contributed by atoms with Crippen LogP contribution in [0.25, 0.3) is 0 Å². The molecule has 2 amide bonds. The molecular formula is C30H48N2O7. The summed E-state index contributed by atoms with van der Waals surface area (Å²) in [6.45, 7) is 8.03. The topological polar surface area (TPSA) is 115 Å². The molecule has 1 aromatic rings. The van der Waals surface area contributed by atoms with Crippen molar-refractivity contribution in [2.45, 2.75) is 135 Å². The molecule has 0 bridgehead atoms. The molecule has 1 aromatic carbocycles. The minimum Gasteiger partial charge on any atom is -0.465 e. The summed E-state index contributed by atoms with van der Waals surface area (Å²) in [5.74, 6) is -1.09. The number of nitrogens with one attached hydrogen (secondary N) is 2. The molecule has 3 rings (SSSR count). The number of aliphatic hydroxyl groups excluding tert-OH is 1. The predicted molar refractivity (Wildman–Crippen MR) is 149 cm³/mol. The highest BCUT2D eigenvalue weighted by Gasteiger charge is 2.56. The van der Waals surface area contributed by atoms with Crippen molar-refractivity contribution in [1.82, 2.24) is 5.32 Å². The molecule has 2 aliphatic heterocycles. The lowest BCUT2D eigenvalue weighted by atomic mass is 10.1. The third-order valence-corrected chi connectivity index (χ3v) is 7.21. The first kappa shape index (κ1) is 31.3. The summed E-state index contributed by atoms with van der Waals surface area (Å²) in [6.07, 6.45) is 9.75. The van der Waals surface area contributed by atoms with Crippen LogP contribution in [-0.2, 0) is 30.2 Å². The van der Waals surface area contributed by atoms with Gasteiger partial charge in [0.15, 0.2) is 12.1 Å². The van der Waals surface area contributed by atoms with Crippen molar-refractivity contribution in [1.29, 1.82) is 0 Å². The van der Waals surface area contributed by atoms with Gasteiger partial charge in [0, 0.05) is 5.69 Å². The van der Waals surface area contributed by atoms with E-state index in [4.69, 9.17) is 18.9 Å². The van der Waals surface area contributed by atoms with E-state index in [1.54, 1.807) is 39.0 Å². The number of rotatable bonds is 16. The van der Waals surface area contributed by atoms with Crippen molar-refractivity contribution < 1.29 is 33.6 Å². The molecule has 5 atom stereocenters. The number of esters is 1. The molecule has 9 nitrogen and oxygen atoms in total. The summed E-state index contributed by atoms with van der Waals surface area (Å²) in [7, 11) is 0. The van der Waals surface area contributed by atoms with E-state index in [1.165, 1.54) is 51.4 Å². The molecule has 220 valence electrons. The molecule has 0 unspecified atom stereocenters. The highest BCUT2D eigenvalue weighted by Crippen LogP contribution is 2.38. The molecule has 2 fully saturated rings. The van der Waals surface area contributed by atoms with Crippen molar-refractivity contribution in [3.05, 3.63) is 29.8 Å². The highest BCUT2D eigenvalue weighted by molar-refractivity contribution is 5.89. The standard InChI is InChI=1S/C30H48N2O7/c1-5-6-7-8-9-10-11-12-13-14-18-36-24(33)20-22-16-15-17-23(19-22)32-29(35)31-21(2)25-26-27(28(34)37-25)39-30(3,4)38-26/h15-17,19,21,25-28,34H,5-14,18,20H2,1-4H3,(H2,31,32,35)/t21-,25+,26-,27-,28-/m0/s1. The van der Waals surface area contributed by atoms with Crippen LogP contribution in [-0.4, -0.2) is 60.1 Å². The first-order valence-corrected chi connectivity index (χ1v) is 14.7. The van der Waals surface area contributed by atoms with Crippen LogP contribution in [0.2, 0.25) is 0 Å². The number of hydrogen-bond acceptors (Lipinski definition) is 7. The van der Waals surface area contributed by atoms with Crippen LogP contribution in [0.15, 0.2) is 24.3 Å². The zero-order valence-electron chi connectivity index (χ0n) is 24.1. The number of amides is 2. The summed E-state index contributed by atoms with van der Waals surface area (Å²) in [4.78, 5) is 24.9. The van der Waals surface area contributed by atoms with Crippen molar-refractivity contribution in [3.8, 4) is 0 Å². The average Bonchev–Trinajstić information content (AvgIpc) is 3.35. The van der Waals surface area contributed by atoms with E-state index >= 15 is 0 Å². The average molecular weight is 549 g/mol. The number of ether oxygens (including phenoxy) is 4. The molecule has 39 heavy (non-hydrogen) atoms. The van der Waals surface area contributed by atoms with Crippen LogP contribution in [0.5, 0.6) is 0 Å². The number of unbranched alkanes of at least 4 members (excludes halogenated alkanes) is 9. The van der Waals surface area contributed by atoms with Crippen LogP contribution in [0.4, 0.5) is 10.5 Å². The Morgan fingerprint density at radius 2 is 1.64 bits per heavy atom. The Labute approximate surface area is 233 Å². The van der Waals surface area contributed by atoms with Gasteiger partial charge in [-0.15, -0.1) is 0 Å². The first-order valence-electron chi connectivity index (χ1n) is 14.7. The maximum Gasteiger partial charge on any atom is 0.319 e. The quantitative estimate of drug-likeness (QED) is 0.186. The Hall–Kier alpha value is -2.20. The summed E-state index contributed by atoms with van der Waals surface area (Å²) >= 11 is 0. The Bertz CT molecular complexity index is 909. The lowest BCUT2D eigenvalue weighted by Gasteiger charge is -2.26. The van der Waals surface area contributed by atoms with Crippen LogP contribution in [0, 0.1) is 0 Å². The van der Waals surface area contributed by atoms with Gasteiger partial charge in [0.25, 0.3) is 0 Å². The predicted octanol–water partition coefficient (Wildman–Crippen LogP) is 5.44. The van der Waals surface area contributed by atoms with Crippen LogP contribution in [0.3, 0.4) is 0 Å². The number of benzene rings is 1. The van der Waals surface area contributed by atoms with E-state index in [-0.39, 0.29) is 12.4 Å². The van der Waals surface area contributed by atoms with Crippen molar-refractivity contribution >= 4 is 17.7 Å². The first-order chi connectivity index (χ1) is 18.7. The minimum atomic E-state index is -1.12. The van der Waals surface area contributed by atoms with Crippen LogP contribution < -0.4 is 10.6 Å². The van der Waals surface area contributed by atoms with Crippen molar-refractivity contribution in [2.24, 2.45) is 0 Å². The monoisotopic (exact) mass is 548 g/mol. The molecule has 2 aliphatic rings. The summed E-state index contributed by atoms with van der Waals surface area (Å²) < 4.78 is 22.6. The van der Waals surface area contributed by atoms with Gasteiger partial charge in [-0.05, 0) is 44.9 Å². The molecule has 0 saturated carbocycles. The Morgan fingerprint density at radius 1 is 1.00 bits per heavy atom. The van der Waals surface area contributed by atoms with Gasteiger partial charge >= 0.3 is 12.0 Å². The molecule has 2 saturated heterocycles. The molecule has 9 heteroatoms.